The number of hydrogen-bond acceptors (Lipinski definition) is 4. The zero-order valence-corrected chi connectivity index (χ0v) is 7.58. The highest BCUT2D eigenvalue weighted by Gasteiger charge is 2.04. The predicted molar refractivity (Wildman–Crippen MR) is 49.3 cm³/mol. The van der Waals surface area contributed by atoms with Gasteiger partial charge >= 0.3 is 0 Å². The minimum Gasteiger partial charge on any atom is -0.296 e. The number of aldehydes is 1. The Morgan fingerprint density at radius 1 is 1.36 bits per heavy atom. The lowest BCUT2D eigenvalue weighted by Gasteiger charge is -2.00. The molecular weight excluding hydrogens is 180 g/mol. The summed E-state index contributed by atoms with van der Waals surface area (Å²) < 4.78 is 1.63. The van der Waals surface area contributed by atoms with E-state index in [1.807, 2.05) is 6.92 Å². The van der Waals surface area contributed by atoms with Crippen molar-refractivity contribution < 1.29 is 4.79 Å². The predicted octanol–water partition coefficient (Wildman–Crippen LogP) is 0.783. The molecule has 0 radical (unpaired) electrons. The minimum absolute atomic E-state index is 0.409. The van der Waals surface area contributed by atoms with Gasteiger partial charge in [0.2, 0.25) is 0 Å². The summed E-state index contributed by atoms with van der Waals surface area (Å²) in [6.07, 6.45) is 5.44. The van der Waals surface area contributed by atoms with Gasteiger partial charge in [0, 0.05) is 5.69 Å². The number of carbonyl (C=O) groups is 1. The van der Waals surface area contributed by atoms with Gasteiger partial charge in [-0.1, -0.05) is 0 Å². The van der Waals surface area contributed by atoms with Gasteiger partial charge in [-0.3, -0.25) is 4.79 Å². The van der Waals surface area contributed by atoms with Crippen molar-refractivity contribution in [3.8, 4) is 5.69 Å². The molecule has 0 unspecified atom stereocenters. The van der Waals surface area contributed by atoms with E-state index in [-0.39, 0.29) is 0 Å². The van der Waals surface area contributed by atoms with E-state index in [1.54, 1.807) is 23.1 Å². The van der Waals surface area contributed by atoms with Crippen molar-refractivity contribution >= 4 is 6.29 Å². The molecule has 2 rings (SSSR count). The van der Waals surface area contributed by atoms with E-state index >= 15 is 0 Å². The molecule has 0 N–H and O–H groups in total. The summed E-state index contributed by atoms with van der Waals surface area (Å²) in [5.74, 6) is 0. The van der Waals surface area contributed by atoms with E-state index < -0.39 is 0 Å². The Hall–Kier alpha value is -2.04. The van der Waals surface area contributed by atoms with Crippen molar-refractivity contribution in [2.45, 2.75) is 6.92 Å². The van der Waals surface area contributed by atoms with Gasteiger partial charge in [-0.15, -0.1) is 0 Å². The van der Waals surface area contributed by atoms with E-state index in [0.29, 0.717) is 12.0 Å². The molecule has 0 bridgehead atoms. The molecule has 0 aliphatic heterocycles. The second-order valence-corrected chi connectivity index (χ2v) is 2.84. The van der Waals surface area contributed by atoms with Crippen molar-refractivity contribution in [3.63, 3.8) is 0 Å². The van der Waals surface area contributed by atoms with Gasteiger partial charge in [0.05, 0.1) is 12.4 Å². The molecule has 14 heavy (non-hydrogen) atoms. The fraction of sp³-hybridized carbons (Fsp3) is 0.111. The maximum absolute atomic E-state index is 10.5. The molecule has 70 valence electrons. The summed E-state index contributed by atoms with van der Waals surface area (Å²) in [6, 6.07) is 1.71. The highest BCUT2D eigenvalue weighted by atomic mass is 16.1. The Morgan fingerprint density at radius 3 is 2.64 bits per heavy atom. The monoisotopic (exact) mass is 188 g/mol. The van der Waals surface area contributed by atoms with Crippen LogP contribution < -0.4 is 0 Å². The summed E-state index contributed by atoms with van der Waals surface area (Å²) in [4.78, 5) is 18.3. The molecule has 5 nitrogen and oxygen atoms in total. The normalized spacial score (nSPS) is 10.1. The topological polar surface area (TPSA) is 60.7 Å². The van der Waals surface area contributed by atoms with Gasteiger partial charge in [-0.05, 0) is 13.0 Å². The van der Waals surface area contributed by atoms with Crippen molar-refractivity contribution in [1.29, 1.82) is 0 Å². The Labute approximate surface area is 80.4 Å². The Morgan fingerprint density at radius 2 is 2.07 bits per heavy atom. The molecule has 0 aromatic carbocycles. The van der Waals surface area contributed by atoms with E-state index in [0.717, 1.165) is 11.4 Å². The number of nitrogens with zero attached hydrogens (tertiary/aromatic N) is 4. The van der Waals surface area contributed by atoms with E-state index in [2.05, 4.69) is 15.1 Å². The van der Waals surface area contributed by atoms with Crippen LogP contribution in [0.4, 0.5) is 0 Å². The lowest BCUT2D eigenvalue weighted by molar-refractivity contribution is 0.111. The van der Waals surface area contributed by atoms with E-state index in [1.165, 1.54) is 6.33 Å². The van der Waals surface area contributed by atoms with Gasteiger partial charge in [-0.2, -0.15) is 5.10 Å². The maximum atomic E-state index is 10.5. The first-order valence-corrected chi connectivity index (χ1v) is 4.08. The van der Waals surface area contributed by atoms with E-state index in [4.69, 9.17) is 0 Å². The van der Waals surface area contributed by atoms with Crippen molar-refractivity contribution in [1.82, 2.24) is 19.7 Å². The summed E-state index contributed by atoms with van der Waals surface area (Å²) in [5.41, 5.74) is 2.03. The van der Waals surface area contributed by atoms with Crippen molar-refractivity contribution in [2.75, 3.05) is 0 Å². The second-order valence-electron chi connectivity index (χ2n) is 2.84. The lowest BCUT2D eigenvalue weighted by atomic mass is 10.4. The fourth-order valence-electron chi connectivity index (χ4n) is 1.22. The molecular formula is C9H8N4O. The number of hydrogen-bond donors (Lipinski definition) is 0. The summed E-state index contributed by atoms with van der Waals surface area (Å²) in [7, 11) is 0. The summed E-state index contributed by atoms with van der Waals surface area (Å²) in [5, 5.41) is 4.07. The molecule has 0 saturated heterocycles. The third kappa shape index (κ3) is 1.39. The molecule has 0 amide bonds. The first-order chi connectivity index (χ1) is 6.81. The fourth-order valence-corrected chi connectivity index (χ4v) is 1.22. The molecule has 0 fully saturated rings. The molecule has 0 atom stereocenters. The first kappa shape index (κ1) is 8.55. The molecule has 0 aliphatic rings. The maximum Gasteiger partial charge on any atom is 0.170 e. The van der Waals surface area contributed by atoms with Crippen LogP contribution in [0.3, 0.4) is 0 Å². The standard InChI is InChI=1S/C9H8N4O/c1-7-2-8(5-14)12-13(7)9-3-10-6-11-4-9/h2-6H,1H3. The van der Waals surface area contributed by atoms with Crippen LogP contribution in [0, 0.1) is 6.92 Å². The van der Waals surface area contributed by atoms with Crippen LogP contribution in [0.5, 0.6) is 0 Å². The van der Waals surface area contributed by atoms with Crippen LogP contribution >= 0.6 is 0 Å². The zero-order chi connectivity index (χ0) is 9.97. The van der Waals surface area contributed by atoms with Gasteiger partial charge in [-0.25, -0.2) is 14.6 Å². The molecule has 2 aromatic heterocycles. The molecule has 0 spiro atoms. The molecule has 5 heteroatoms. The molecule has 0 saturated carbocycles. The lowest BCUT2D eigenvalue weighted by Crippen LogP contribution is -2.00. The molecule has 2 heterocycles. The van der Waals surface area contributed by atoms with Crippen LogP contribution in [0.2, 0.25) is 0 Å². The molecule has 0 aliphatic carbocycles. The van der Waals surface area contributed by atoms with Gasteiger partial charge in [0.1, 0.15) is 17.7 Å². The largest absolute Gasteiger partial charge is 0.296 e. The number of aryl methyl sites for hydroxylation is 1. The Bertz CT molecular complexity index is 449. The van der Waals surface area contributed by atoms with Gasteiger partial charge in [0.25, 0.3) is 0 Å². The van der Waals surface area contributed by atoms with Gasteiger partial charge in [0.15, 0.2) is 6.29 Å². The summed E-state index contributed by atoms with van der Waals surface area (Å²) in [6.45, 7) is 1.87. The SMILES string of the molecule is Cc1cc(C=O)nn1-c1cncnc1. The highest BCUT2D eigenvalue weighted by Crippen LogP contribution is 2.08. The van der Waals surface area contributed by atoms with Gasteiger partial charge < -0.3 is 0 Å². The number of aromatic nitrogens is 4. The highest BCUT2D eigenvalue weighted by molar-refractivity contribution is 5.71. The van der Waals surface area contributed by atoms with Crippen molar-refractivity contribution in [2.24, 2.45) is 0 Å². The third-order valence-electron chi connectivity index (χ3n) is 1.82. The Balaban J connectivity index is 2.51. The number of rotatable bonds is 2. The Kier molecular flexibility index (Phi) is 2.06. The second kappa shape index (κ2) is 3.37. The zero-order valence-electron chi connectivity index (χ0n) is 7.58. The quantitative estimate of drug-likeness (QED) is 0.653. The van der Waals surface area contributed by atoms with Crippen LogP contribution in [-0.2, 0) is 0 Å². The van der Waals surface area contributed by atoms with Crippen LogP contribution in [0.1, 0.15) is 16.2 Å². The smallest absolute Gasteiger partial charge is 0.170 e. The minimum atomic E-state index is 0.409. The summed E-state index contributed by atoms with van der Waals surface area (Å²) >= 11 is 0. The van der Waals surface area contributed by atoms with Crippen LogP contribution in [-0.4, -0.2) is 26.0 Å². The first-order valence-electron chi connectivity index (χ1n) is 4.08. The third-order valence-corrected chi connectivity index (χ3v) is 1.82. The van der Waals surface area contributed by atoms with Crippen LogP contribution in [0.25, 0.3) is 5.69 Å². The van der Waals surface area contributed by atoms with E-state index in [9.17, 15) is 4.79 Å². The molecule has 2 aromatic rings. The van der Waals surface area contributed by atoms with Crippen LogP contribution in [0.15, 0.2) is 24.8 Å². The number of carbonyl (C=O) groups excluding carboxylic acids is 1. The van der Waals surface area contributed by atoms with Crippen molar-refractivity contribution in [3.05, 3.63) is 36.2 Å². The average molecular weight is 188 g/mol. The average Bonchev–Trinajstić information content (AvgIpc) is 2.61.